The number of nitrogens with zero attached hydrogens (tertiary/aromatic N) is 2. The van der Waals surface area contributed by atoms with Gasteiger partial charge >= 0.3 is 6.03 Å². The van der Waals surface area contributed by atoms with Gasteiger partial charge in [0.25, 0.3) is 5.91 Å². The molecule has 0 radical (unpaired) electrons. The number of rotatable bonds is 2. The first-order valence-electron chi connectivity index (χ1n) is 6.08. The molecule has 0 saturated carbocycles. The highest BCUT2D eigenvalue weighted by molar-refractivity contribution is 6.02. The van der Waals surface area contributed by atoms with Crippen LogP contribution in [0.4, 0.5) is 4.79 Å². The number of carbonyl (C=O) groups is 3. The minimum absolute atomic E-state index is 0.0466. The molecular formula is C12H13N3O4. The molecule has 1 aromatic heterocycles. The van der Waals surface area contributed by atoms with Crippen LogP contribution in [0.3, 0.4) is 0 Å². The molecule has 19 heavy (non-hydrogen) atoms. The van der Waals surface area contributed by atoms with Gasteiger partial charge in [-0.1, -0.05) is 0 Å². The van der Waals surface area contributed by atoms with Gasteiger partial charge in [-0.05, 0) is 12.5 Å². The fourth-order valence-corrected chi connectivity index (χ4v) is 2.51. The van der Waals surface area contributed by atoms with Gasteiger partial charge in [0, 0.05) is 13.1 Å². The number of furan rings is 1. The van der Waals surface area contributed by atoms with Gasteiger partial charge in [-0.3, -0.25) is 14.5 Å². The predicted molar refractivity (Wildman–Crippen MR) is 63.3 cm³/mol. The van der Waals surface area contributed by atoms with Gasteiger partial charge in [-0.25, -0.2) is 4.79 Å². The van der Waals surface area contributed by atoms with Crippen molar-refractivity contribution >= 4 is 17.8 Å². The highest BCUT2D eigenvalue weighted by Crippen LogP contribution is 2.20. The summed E-state index contributed by atoms with van der Waals surface area (Å²) >= 11 is 0. The van der Waals surface area contributed by atoms with E-state index in [9.17, 15) is 14.4 Å². The molecule has 0 unspecified atom stereocenters. The summed E-state index contributed by atoms with van der Waals surface area (Å²) in [4.78, 5) is 38.1. The number of nitrogens with one attached hydrogen (secondary N) is 1. The summed E-state index contributed by atoms with van der Waals surface area (Å²) in [5.41, 5.74) is 0.484. The second kappa shape index (κ2) is 4.42. The van der Waals surface area contributed by atoms with Crippen LogP contribution in [0.1, 0.15) is 16.8 Å². The zero-order chi connectivity index (χ0) is 13.4. The number of likely N-dealkylation sites (tertiary alicyclic amines) is 1. The van der Waals surface area contributed by atoms with Gasteiger partial charge < -0.3 is 14.6 Å². The van der Waals surface area contributed by atoms with E-state index in [0.717, 1.165) is 0 Å². The molecule has 2 aliphatic heterocycles. The van der Waals surface area contributed by atoms with Crippen molar-refractivity contribution in [1.29, 1.82) is 0 Å². The molecule has 0 spiro atoms. The third kappa shape index (κ3) is 1.96. The van der Waals surface area contributed by atoms with E-state index in [4.69, 9.17) is 4.42 Å². The Bertz CT molecular complexity index is 509. The number of hydrogen-bond acceptors (Lipinski definition) is 4. The molecule has 0 aromatic carbocycles. The van der Waals surface area contributed by atoms with Gasteiger partial charge in [-0.2, -0.15) is 0 Å². The topological polar surface area (TPSA) is 82.9 Å². The summed E-state index contributed by atoms with van der Waals surface area (Å²) in [5.74, 6) is -0.365. The van der Waals surface area contributed by atoms with Crippen LogP contribution in [0.25, 0.3) is 0 Å². The summed E-state index contributed by atoms with van der Waals surface area (Å²) in [6.07, 6.45) is 3.45. The monoisotopic (exact) mass is 263 g/mol. The molecule has 7 heteroatoms. The molecule has 0 aliphatic carbocycles. The molecule has 1 N–H and O–H groups in total. The molecule has 2 aliphatic rings. The number of hydrogen-bond donors (Lipinski definition) is 1. The highest BCUT2D eigenvalue weighted by Gasteiger charge is 2.39. The van der Waals surface area contributed by atoms with Crippen molar-refractivity contribution in [3.05, 3.63) is 24.2 Å². The highest BCUT2D eigenvalue weighted by atomic mass is 16.3. The Balaban J connectivity index is 1.69. The zero-order valence-electron chi connectivity index (χ0n) is 10.2. The molecule has 2 fully saturated rings. The van der Waals surface area contributed by atoms with Crippen LogP contribution in [0.15, 0.2) is 23.0 Å². The lowest BCUT2D eigenvalue weighted by atomic mass is 10.2. The van der Waals surface area contributed by atoms with E-state index in [-0.39, 0.29) is 30.4 Å². The molecule has 3 rings (SSSR count). The first-order chi connectivity index (χ1) is 9.16. The lowest BCUT2D eigenvalue weighted by Crippen LogP contribution is -2.42. The Hall–Kier alpha value is -2.31. The third-order valence-corrected chi connectivity index (χ3v) is 3.46. The van der Waals surface area contributed by atoms with E-state index >= 15 is 0 Å². The van der Waals surface area contributed by atoms with Crippen molar-refractivity contribution in [2.45, 2.75) is 12.5 Å². The van der Waals surface area contributed by atoms with Crippen molar-refractivity contribution in [3.63, 3.8) is 0 Å². The van der Waals surface area contributed by atoms with Crippen LogP contribution in [-0.4, -0.2) is 53.3 Å². The summed E-state index contributed by atoms with van der Waals surface area (Å²) < 4.78 is 4.88. The smallest absolute Gasteiger partial charge is 0.324 e. The molecule has 100 valence electrons. The maximum atomic E-state index is 12.1. The van der Waals surface area contributed by atoms with Crippen molar-refractivity contribution in [2.75, 3.05) is 19.6 Å². The fraction of sp³-hybridized carbons (Fsp3) is 0.417. The maximum absolute atomic E-state index is 12.1. The SMILES string of the molecule is O=C(c1ccoc1)N1CC[C@H](N2C(=O)CNC2=O)C1. The van der Waals surface area contributed by atoms with Crippen LogP contribution in [0, 0.1) is 0 Å². The van der Waals surface area contributed by atoms with E-state index in [1.807, 2.05) is 0 Å². The normalized spacial score (nSPS) is 23.1. The lowest BCUT2D eigenvalue weighted by molar-refractivity contribution is -0.126. The number of imide groups is 1. The van der Waals surface area contributed by atoms with Crippen molar-refractivity contribution in [1.82, 2.24) is 15.1 Å². The summed E-state index contributed by atoms with van der Waals surface area (Å²) in [6, 6.07) is 1.00. The van der Waals surface area contributed by atoms with E-state index in [2.05, 4.69) is 5.32 Å². The van der Waals surface area contributed by atoms with Gasteiger partial charge in [0.05, 0.1) is 24.4 Å². The third-order valence-electron chi connectivity index (χ3n) is 3.46. The molecular weight excluding hydrogens is 250 g/mol. The van der Waals surface area contributed by atoms with Crippen LogP contribution < -0.4 is 5.32 Å². The minimum atomic E-state index is -0.368. The largest absolute Gasteiger partial charge is 0.472 e. The number of amides is 4. The zero-order valence-corrected chi connectivity index (χ0v) is 10.2. The molecule has 4 amide bonds. The quantitative estimate of drug-likeness (QED) is 0.764. The van der Waals surface area contributed by atoms with Crippen LogP contribution in [-0.2, 0) is 4.79 Å². The van der Waals surface area contributed by atoms with Crippen LogP contribution >= 0.6 is 0 Å². The Kier molecular flexibility index (Phi) is 2.73. The number of carbonyl (C=O) groups excluding carboxylic acids is 3. The predicted octanol–water partition coefficient (Wildman–Crippen LogP) is 0.0459. The minimum Gasteiger partial charge on any atom is -0.472 e. The first-order valence-corrected chi connectivity index (χ1v) is 6.08. The average Bonchev–Trinajstić information content (AvgIpc) is 3.10. The second-order valence-electron chi connectivity index (χ2n) is 4.63. The Labute approximate surface area is 109 Å². The fourth-order valence-electron chi connectivity index (χ4n) is 2.51. The average molecular weight is 263 g/mol. The van der Waals surface area contributed by atoms with Gasteiger partial charge in [-0.15, -0.1) is 0 Å². The maximum Gasteiger partial charge on any atom is 0.324 e. The van der Waals surface area contributed by atoms with E-state index in [0.29, 0.717) is 25.1 Å². The summed E-state index contributed by atoms with van der Waals surface area (Å²) in [6.45, 7) is 0.958. The van der Waals surface area contributed by atoms with Crippen LogP contribution in [0.2, 0.25) is 0 Å². The van der Waals surface area contributed by atoms with Crippen molar-refractivity contribution in [2.24, 2.45) is 0 Å². The van der Waals surface area contributed by atoms with Gasteiger partial charge in [0.1, 0.15) is 6.26 Å². The van der Waals surface area contributed by atoms with Gasteiger partial charge in [0.2, 0.25) is 5.91 Å². The number of urea groups is 1. The Morgan fingerprint density at radius 3 is 2.89 bits per heavy atom. The Morgan fingerprint density at radius 2 is 2.26 bits per heavy atom. The molecule has 0 bridgehead atoms. The first kappa shape index (κ1) is 11.8. The summed E-state index contributed by atoms with van der Waals surface area (Å²) in [7, 11) is 0. The molecule has 1 atom stereocenters. The molecule has 1 aromatic rings. The molecule has 3 heterocycles. The molecule has 7 nitrogen and oxygen atoms in total. The lowest BCUT2D eigenvalue weighted by Gasteiger charge is -2.21. The van der Waals surface area contributed by atoms with Crippen LogP contribution in [0.5, 0.6) is 0 Å². The Morgan fingerprint density at radius 1 is 1.42 bits per heavy atom. The van der Waals surface area contributed by atoms with E-state index < -0.39 is 0 Å². The van der Waals surface area contributed by atoms with Crippen molar-refractivity contribution < 1.29 is 18.8 Å². The van der Waals surface area contributed by atoms with E-state index in [1.54, 1.807) is 11.0 Å². The standard InChI is InChI=1S/C12H13N3O4/c16-10-5-13-12(18)15(10)9-1-3-14(6-9)11(17)8-2-4-19-7-8/h2,4,7,9H,1,3,5-6H2,(H,13,18)/t9-/m0/s1. The van der Waals surface area contributed by atoms with Crippen molar-refractivity contribution in [3.8, 4) is 0 Å². The van der Waals surface area contributed by atoms with Gasteiger partial charge in [0.15, 0.2) is 0 Å². The summed E-state index contributed by atoms with van der Waals surface area (Å²) in [5, 5.41) is 2.49. The van der Waals surface area contributed by atoms with E-state index in [1.165, 1.54) is 17.4 Å². The second-order valence-corrected chi connectivity index (χ2v) is 4.63. The molecule has 2 saturated heterocycles.